The highest BCUT2D eigenvalue weighted by Crippen LogP contribution is 2.30. The number of nitrogens with two attached hydrogens (primary N) is 1. The summed E-state index contributed by atoms with van der Waals surface area (Å²) in [6.07, 6.45) is 1.98. The lowest BCUT2D eigenvalue weighted by Gasteiger charge is -2.24. The van der Waals surface area contributed by atoms with E-state index in [1.807, 2.05) is 0 Å². The normalized spacial score (nSPS) is 18.1. The molecule has 1 fully saturated rings. The number of rotatable bonds is 5. The molecular weight excluding hydrogens is 202 g/mol. The van der Waals surface area contributed by atoms with Gasteiger partial charge in [0.2, 0.25) is 10.0 Å². The summed E-state index contributed by atoms with van der Waals surface area (Å²) in [5.41, 5.74) is 4.30. The number of sulfonamides is 1. The van der Waals surface area contributed by atoms with Gasteiger partial charge < -0.3 is 5.73 Å². The molecule has 0 atom stereocenters. The van der Waals surface area contributed by atoms with Crippen molar-refractivity contribution in [1.82, 2.24) is 4.72 Å². The van der Waals surface area contributed by atoms with Crippen LogP contribution in [0.5, 0.6) is 0 Å². The third kappa shape index (κ3) is 3.26. The van der Waals surface area contributed by atoms with Crippen molar-refractivity contribution in [1.29, 1.82) is 5.41 Å². The van der Waals surface area contributed by atoms with Gasteiger partial charge in [0, 0.05) is 0 Å². The van der Waals surface area contributed by atoms with Crippen LogP contribution >= 0.6 is 0 Å². The summed E-state index contributed by atoms with van der Waals surface area (Å²) in [5, 5.41) is 7.23. The lowest BCUT2D eigenvalue weighted by molar-refractivity contribution is 0.539. The molecule has 0 bridgehead atoms. The summed E-state index contributed by atoms with van der Waals surface area (Å²) in [5.74, 6) is 0.288. The van der Waals surface area contributed by atoms with Crippen molar-refractivity contribution in [2.75, 3.05) is 5.75 Å². The first-order valence-electron chi connectivity index (χ1n) is 4.59. The molecule has 0 aromatic heterocycles. The standard InChI is InChI=1S/C8H17N3O2S/c1-8(2,7(9)10)11-14(12,13)5-6-3-4-6/h6,11H,3-5H2,1-2H3,(H3,9,10). The van der Waals surface area contributed by atoms with Crippen LogP contribution in [0.2, 0.25) is 0 Å². The first-order valence-corrected chi connectivity index (χ1v) is 6.24. The summed E-state index contributed by atoms with van der Waals surface area (Å²) in [4.78, 5) is 0. The van der Waals surface area contributed by atoms with Crippen molar-refractivity contribution in [2.45, 2.75) is 32.2 Å². The van der Waals surface area contributed by atoms with E-state index in [1.165, 1.54) is 0 Å². The molecule has 4 N–H and O–H groups in total. The first kappa shape index (κ1) is 11.5. The summed E-state index contributed by atoms with van der Waals surface area (Å²) in [6, 6.07) is 0. The Kier molecular flexibility index (Phi) is 2.87. The number of hydrogen-bond acceptors (Lipinski definition) is 3. The van der Waals surface area contributed by atoms with Crippen molar-refractivity contribution < 1.29 is 8.42 Å². The average Bonchev–Trinajstić information content (AvgIpc) is 2.67. The molecule has 0 spiro atoms. The zero-order valence-electron chi connectivity index (χ0n) is 8.50. The molecule has 1 aliphatic carbocycles. The second-order valence-electron chi connectivity index (χ2n) is 4.37. The van der Waals surface area contributed by atoms with E-state index in [2.05, 4.69) is 4.72 Å². The Morgan fingerprint density at radius 2 is 2.07 bits per heavy atom. The largest absolute Gasteiger partial charge is 0.386 e. The van der Waals surface area contributed by atoms with Crippen molar-refractivity contribution in [3.63, 3.8) is 0 Å². The highest BCUT2D eigenvalue weighted by molar-refractivity contribution is 7.89. The van der Waals surface area contributed by atoms with Crippen molar-refractivity contribution in [3.05, 3.63) is 0 Å². The number of nitrogens with one attached hydrogen (secondary N) is 2. The minimum atomic E-state index is -3.29. The molecule has 0 heterocycles. The van der Waals surface area contributed by atoms with Gasteiger partial charge >= 0.3 is 0 Å². The van der Waals surface area contributed by atoms with Gasteiger partial charge in [-0.3, -0.25) is 5.41 Å². The van der Waals surface area contributed by atoms with Gasteiger partial charge in [-0.2, -0.15) is 0 Å². The molecule has 5 nitrogen and oxygen atoms in total. The molecule has 0 radical (unpaired) electrons. The summed E-state index contributed by atoms with van der Waals surface area (Å²) >= 11 is 0. The second-order valence-corrected chi connectivity index (χ2v) is 6.13. The summed E-state index contributed by atoms with van der Waals surface area (Å²) in [7, 11) is -3.29. The number of amidine groups is 1. The fourth-order valence-electron chi connectivity index (χ4n) is 1.08. The molecule has 1 saturated carbocycles. The van der Waals surface area contributed by atoms with Gasteiger partial charge in [-0.25, -0.2) is 13.1 Å². The van der Waals surface area contributed by atoms with Gasteiger partial charge in [0.05, 0.1) is 11.3 Å². The molecule has 0 unspecified atom stereocenters. The summed E-state index contributed by atoms with van der Waals surface area (Å²) < 4.78 is 25.5. The quantitative estimate of drug-likeness (QED) is 0.449. The Labute approximate surface area is 84.6 Å². The maximum atomic E-state index is 11.5. The van der Waals surface area contributed by atoms with Gasteiger partial charge in [-0.1, -0.05) is 0 Å². The zero-order valence-corrected chi connectivity index (χ0v) is 9.32. The molecule has 0 aliphatic heterocycles. The van der Waals surface area contributed by atoms with Crippen LogP contribution in [0.1, 0.15) is 26.7 Å². The van der Waals surface area contributed by atoms with Gasteiger partial charge in [0.15, 0.2) is 0 Å². The fraction of sp³-hybridized carbons (Fsp3) is 0.875. The molecule has 1 aliphatic rings. The Balaban J connectivity index is 2.61. The third-order valence-corrected chi connectivity index (χ3v) is 3.97. The molecule has 1 rings (SSSR count). The molecule has 0 amide bonds. The van der Waals surface area contributed by atoms with Crippen LogP contribution in [0.15, 0.2) is 0 Å². The van der Waals surface area contributed by atoms with Crippen molar-refractivity contribution in [2.24, 2.45) is 11.7 Å². The van der Waals surface area contributed by atoms with Gasteiger partial charge in [0.1, 0.15) is 5.84 Å². The minimum Gasteiger partial charge on any atom is -0.386 e. The van der Waals surface area contributed by atoms with Crippen molar-refractivity contribution >= 4 is 15.9 Å². The Hall–Kier alpha value is -0.620. The van der Waals surface area contributed by atoms with Crippen LogP contribution in [0.25, 0.3) is 0 Å². The van der Waals surface area contributed by atoms with Gasteiger partial charge in [-0.05, 0) is 32.6 Å². The van der Waals surface area contributed by atoms with Crippen LogP contribution in [0, 0.1) is 11.3 Å². The van der Waals surface area contributed by atoms with E-state index in [9.17, 15) is 8.42 Å². The smallest absolute Gasteiger partial charge is 0.212 e. The van der Waals surface area contributed by atoms with E-state index in [-0.39, 0.29) is 11.6 Å². The van der Waals surface area contributed by atoms with Crippen LogP contribution in [-0.4, -0.2) is 25.5 Å². The van der Waals surface area contributed by atoms with E-state index in [4.69, 9.17) is 11.1 Å². The zero-order chi connectivity index (χ0) is 11.0. The highest BCUT2D eigenvalue weighted by Gasteiger charge is 2.33. The van der Waals surface area contributed by atoms with Crippen LogP contribution in [-0.2, 0) is 10.0 Å². The summed E-state index contributed by atoms with van der Waals surface area (Å²) in [6.45, 7) is 3.17. The minimum absolute atomic E-state index is 0.156. The molecule has 6 heteroatoms. The van der Waals surface area contributed by atoms with E-state index < -0.39 is 15.6 Å². The van der Waals surface area contributed by atoms with E-state index in [1.54, 1.807) is 13.8 Å². The Bertz CT molecular complexity index is 330. The van der Waals surface area contributed by atoms with E-state index in [0.717, 1.165) is 12.8 Å². The second kappa shape index (κ2) is 3.51. The average molecular weight is 219 g/mol. The molecule has 0 aromatic carbocycles. The molecule has 0 saturated heterocycles. The predicted octanol–water partition coefficient (Wildman–Crippen LogP) is 0.0304. The number of hydrogen-bond donors (Lipinski definition) is 3. The maximum absolute atomic E-state index is 11.5. The molecular formula is C8H17N3O2S. The monoisotopic (exact) mass is 219 g/mol. The van der Waals surface area contributed by atoms with Gasteiger partial charge in [0.25, 0.3) is 0 Å². The Morgan fingerprint density at radius 3 is 2.43 bits per heavy atom. The Morgan fingerprint density at radius 1 is 1.57 bits per heavy atom. The lowest BCUT2D eigenvalue weighted by atomic mass is 10.1. The van der Waals surface area contributed by atoms with Crippen LogP contribution in [0.3, 0.4) is 0 Å². The van der Waals surface area contributed by atoms with E-state index in [0.29, 0.717) is 5.92 Å². The predicted molar refractivity (Wildman–Crippen MR) is 55.6 cm³/mol. The molecule has 82 valence electrons. The van der Waals surface area contributed by atoms with Crippen molar-refractivity contribution in [3.8, 4) is 0 Å². The highest BCUT2D eigenvalue weighted by atomic mass is 32.2. The lowest BCUT2D eigenvalue weighted by Crippen LogP contribution is -2.53. The topological polar surface area (TPSA) is 96.0 Å². The maximum Gasteiger partial charge on any atom is 0.212 e. The van der Waals surface area contributed by atoms with Crippen LogP contribution in [0.4, 0.5) is 0 Å². The SMILES string of the molecule is CC(C)(NS(=O)(=O)CC1CC1)C(=N)N. The molecule has 0 aromatic rings. The van der Waals surface area contributed by atoms with Gasteiger partial charge in [-0.15, -0.1) is 0 Å². The molecule has 14 heavy (non-hydrogen) atoms. The third-order valence-electron chi connectivity index (χ3n) is 2.24. The first-order chi connectivity index (χ1) is 6.23. The van der Waals surface area contributed by atoms with Crippen LogP contribution < -0.4 is 10.5 Å². The fourth-order valence-corrected chi connectivity index (χ4v) is 3.00. The van der Waals surface area contributed by atoms with E-state index >= 15 is 0 Å².